The lowest BCUT2D eigenvalue weighted by Crippen LogP contribution is -2.30. The molecule has 0 atom stereocenters. The molecule has 2 N–H and O–H groups in total. The summed E-state index contributed by atoms with van der Waals surface area (Å²) in [7, 11) is 3.39. The fraction of sp³-hybridized carbons (Fsp3) is 0.192. The number of carbonyl (C=O) groups excluding carboxylic acids is 3. The number of para-hydroxylation sites is 1. The average molecular weight is 445 g/mol. The van der Waals surface area contributed by atoms with Crippen molar-refractivity contribution in [3.05, 3.63) is 90.0 Å². The number of hydrogen-bond acceptors (Lipinski definition) is 4. The lowest BCUT2D eigenvalue weighted by Gasteiger charge is -2.21. The van der Waals surface area contributed by atoms with E-state index in [0.717, 1.165) is 11.4 Å². The molecule has 33 heavy (non-hydrogen) atoms. The SMILES string of the molecule is CCN(C(=O)c1cccc(NC(=O)CNc2ccc(C(=O)N(C)C)cc2)c1)c1ccccc1. The molecule has 0 aliphatic heterocycles. The first-order chi connectivity index (χ1) is 15.9. The second kappa shape index (κ2) is 10.9. The molecule has 0 saturated heterocycles. The summed E-state index contributed by atoms with van der Waals surface area (Å²) < 4.78 is 0. The fourth-order valence-corrected chi connectivity index (χ4v) is 3.31. The van der Waals surface area contributed by atoms with Crippen molar-refractivity contribution in [2.24, 2.45) is 0 Å². The molecular formula is C26H28N4O3. The molecule has 0 aliphatic carbocycles. The maximum absolute atomic E-state index is 13.0. The van der Waals surface area contributed by atoms with Gasteiger partial charge in [0.2, 0.25) is 5.91 Å². The summed E-state index contributed by atoms with van der Waals surface area (Å²) in [6.45, 7) is 2.50. The normalized spacial score (nSPS) is 10.3. The van der Waals surface area contributed by atoms with Crippen LogP contribution in [0.3, 0.4) is 0 Å². The molecule has 170 valence electrons. The Balaban J connectivity index is 1.60. The van der Waals surface area contributed by atoms with E-state index in [9.17, 15) is 14.4 Å². The van der Waals surface area contributed by atoms with E-state index in [1.54, 1.807) is 67.5 Å². The maximum atomic E-state index is 13.0. The van der Waals surface area contributed by atoms with E-state index < -0.39 is 0 Å². The van der Waals surface area contributed by atoms with Crippen LogP contribution >= 0.6 is 0 Å². The van der Waals surface area contributed by atoms with Crippen LogP contribution in [0.25, 0.3) is 0 Å². The Morgan fingerprint density at radius 3 is 2.09 bits per heavy atom. The van der Waals surface area contributed by atoms with Crippen molar-refractivity contribution >= 4 is 34.8 Å². The highest BCUT2D eigenvalue weighted by Crippen LogP contribution is 2.19. The lowest BCUT2D eigenvalue weighted by molar-refractivity contribution is -0.114. The highest BCUT2D eigenvalue weighted by molar-refractivity contribution is 6.07. The quantitative estimate of drug-likeness (QED) is 0.548. The summed E-state index contributed by atoms with van der Waals surface area (Å²) in [6.07, 6.45) is 0. The zero-order valence-electron chi connectivity index (χ0n) is 19.0. The Morgan fingerprint density at radius 1 is 0.758 bits per heavy atom. The number of hydrogen-bond donors (Lipinski definition) is 2. The van der Waals surface area contributed by atoms with Gasteiger partial charge in [0.1, 0.15) is 0 Å². The molecule has 0 saturated carbocycles. The third-order valence-electron chi connectivity index (χ3n) is 5.01. The van der Waals surface area contributed by atoms with Gasteiger partial charge >= 0.3 is 0 Å². The summed E-state index contributed by atoms with van der Waals surface area (Å²) in [5.74, 6) is -0.462. The van der Waals surface area contributed by atoms with Crippen molar-refractivity contribution in [2.45, 2.75) is 6.92 Å². The van der Waals surface area contributed by atoms with Gasteiger partial charge in [0.15, 0.2) is 0 Å². The first-order valence-electron chi connectivity index (χ1n) is 10.7. The van der Waals surface area contributed by atoms with Crippen LogP contribution in [-0.4, -0.2) is 49.8 Å². The summed E-state index contributed by atoms with van der Waals surface area (Å²) in [4.78, 5) is 40.6. The molecule has 0 bridgehead atoms. The zero-order chi connectivity index (χ0) is 23.8. The van der Waals surface area contributed by atoms with Gasteiger partial charge in [-0.3, -0.25) is 14.4 Å². The van der Waals surface area contributed by atoms with Crippen LogP contribution in [0, 0.1) is 0 Å². The molecule has 3 amide bonds. The first-order valence-corrected chi connectivity index (χ1v) is 10.7. The number of anilines is 3. The standard InChI is InChI=1S/C26H28N4O3/c1-4-30(23-11-6-5-7-12-23)26(33)20-9-8-10-22(17-20)28-24(31)18-27-21-15-13-19(14-16-21)25(32)29(2)3/h5-17,27H,4,18H2,1-3H3,(H,28,31). The summed E-state index contributed by atoms with van der Waals surface area (Å²) >= 11 is 0. The van der Waals surface area contributed by atoms with Gasteiger partial charge in [0.05, 0.1) is 6.54 Å². The van der Waals surface area contributed by atoms with Crippen LogP contribution in [0.1, 0.15) is 27.6 Å². The largest absolute Gasteiger partial charge is 0.376 e. The summed E-state index contributed by atoms with van der Waals surface area (Å²) in [5, 5.41) is 5.85. The predicted octanol–water partition coefficient (Wildman–Crippen LogP) is 4.11. The molecule has 3 aromatic carbocycles. The molecule has 7 nitrogen and oxygen atoms in total. The molecule has 3 rings (SSSR count). The van der Waals surface area contributed by atoms with E-state index in [-0.39, 0.29) is 24.3 Å². The van der Waals surface area contributed by atoms with Gasteiger partial charge in [-0.2, -0.15) is 0 Å². The minimum atomic E-state index is -0.247. The van der Waals surface area contributed by atoms with E-state index in [0.29, 0.717) is 23.4 Å². The van der Waals surface area contributed by atoms with Crippen LogP contribution in [0.5, 0.6) is 0 Å². The van der Waals surface area contributed by atoms with Gasteiger partial charge in [-0.1, -0.05) is 24.3 Å². The average Bonchev–Trinajstić information content (AvgIpc) is 2.84. The number of carbonyl (C=O) groups is 3. The Kier molecular flexibility index (Phi) is 7.81. The topological polar surface area (TPSA) is 81.8 Å². The Bertz CT molecular complexity index is 1110. The molecule has 3 aromatic rings. The number of benzene rings is 3. The monoisotopic (exact) mass is 444 g/mol. The Labute approximate surface area is 194 Å². The zero-order valence-corrected chi connectivity index (χ0v) is 19.0. The van der Waals surface area contributed by atoms with Gasteiger partial charge in [-0.25, -0.2) is 0 Å². The number of nitrogens with zero attached hydrogens (tertiary/aromatic N) is 2. The minimum absolute atomic E-state index is 0.0459. The van der Waals surface area contributed by atoms with Crippen LogP contribution in [0.4, 0.5) is 17.1 Å². The second-order valence-corrected chi connectivity index (χ2v) is 7.64. The number of nitrogens with one attached hydrogen (secondary N) is 2. The van der Waals surface area contributed by atoms with E-state index in [2.05, 4.69) is 10.6 Å². The van der Waals surface area contributed by atoms with Gasteiger partial charge < -0.3 is 20.4 Å². The third kappa shape index (κ3) is 6.20. The van der Waals surface area contributed by atoms with E-state index in [4.69, 9.17) is 0 Å². The van der Waals surface area contributed by atoms with Gasteiger partial charge in [0.25, 0.3) is 11.8 Å². The molecule has 0 heterocycles. The third-order valence-corrected chi connectivity index (χ3v) is 5.01. The predicted molar refractivity (Wildman–Crippen MR) is 132 cm³/mol. The highest BCUT2D eigenvalue weighted by Gasteiger charge is 2.16. The van der Waals surface area contributed by atoms with Crippen molar-refractivity contribution in [3.8, 4) is 0 Å². The molecule has 0 aliphatic rings. The van der Waals surface area contributed by atoms with E-state index in [1.165, 1.54) is 4.90 Å². The second-order valence-electron chi connectivity index (χ2n) is 7.64. The van der Waals surface area contributed by atoms with Crippen LogP contribution in [0.15, 0.2) is 78.9 Å². The molecule has 0 aromatic heterocycles. The van der Waals surface area contributed by atoms with Gasteiger partial charge in [-0.05, 0) is 61.5 Å². The molecule has 0 spiro atoms. The van der Waals surface area contributed by atoms with Gasteiger partial charge in [0, 0.05) is 48.8 Å². The van der Waals surface area contributed by atoms with Crippen molar-refractivity contribution in [1.29, 1.82) is 0 Å². The van der Waals surface area contributed by atoms with E-state index >= 15 is 0 Å². The number of amides is 3. The smallest absolute Gasteiger partial charge is 0.258 e. The Hall–Kier alpha value is -4.13. The van der Waals surface area contributed by atoms with Crippen molar-refractivity contribution < 1.29 is 14.4 Å². The molecule has 0 radical (unpaired) electrons. The number of rotatable bonds is 8. The van der Waals surface area contributed by atoms with Crippen LogP contribution in [-0.2, 0) is 4.79 Å². The highest BCUT2D eigenvalue weighted by atomic mass is 16.2. The summed E-state index contributed by atoms with van der Waals surface area (Å²) in [6, 6.07) is 23.3. The molecule has 0 unspecified atom stereocenters. The Morgan fingerprint density at radius 2 is 1.45 bits per heavy atom. The minimum Gasteiger partial charge on any atom is -0.376 e. The van der Waals surface area contributed by atoms with Crippen molar-refractivity contribution in [3.63, 3.8) is 0 Å². The van der Waals surface area contributed by atoms with Crippen molar-refractivity contribution in [2.75, 3.05) is 42.7 Å². The first kappa shape index (κ1) is 23.5. The van der Waals surface area contributed by atoms with Crippen LogP contribution in [0.2, 0.25) is 0 Å². The maximum Gasteiger partial charge on any atom is 0.258 e. The van der Waals surface area contributed by atoms with Gasteiger partial charge in [-0.15, -0.1) is 0 Å². The fourth-order valence-electron chi connectivity index (χ4n) is 3.31. The molecule has 0 fully saturated rings. The molecule has 7 heteroatoms. The summed E-state index contributed by atoms with van der Waals surface area (Å²) in [5.41, 5.74) is 3.16. The molecular weight excluding hydrogens is 416 g/mol. The van der Waals surface area contributed by atoms with Crippen molar-refractivity contribution in [1.82, 2.24) is 4.90 Å². The van der Waals surface area contributed by atoms with E-state index in [1.807, 2.05) is 37.3 Å². The lowest BCUT2D eigenvalue weighted by atomic mass is 10.1. The van der Waals surface area contributed by atoms with Crippen LogP contribution < -0.4 is 15.5 Å².